The summed E-state index contributed by atoms with van der Waals surface area (Å²) in [5, 5.41) is 0. The van der Waals surface area contributed by atoms with E-state index in [-0.39, 0.29) is 10.8 Å². The van der Waals surface area contributed by atoms with E-state index in [2.05, 4.69) is 0 Å². The standard InChI is InChI=1S/C10H17NO3S/c1-4-5-6-7-11-10(12)8(2)9(3)15(11,13)14/h4-7H2,1-3H3. The van der Waals surface area contributed by atoms with Crippen LogP contribution in [0.1, 0.15) is 40.0 Å². The number of amides is 1. The van der Waals surface area contributed by atoms with Gasteiger partial charge in [-0.15, -0.1) is 0 Å². The molecular formula is C10H17NO3S. The van der Waals surface area contributed by atoms with Crippen LogP contribution in [0.4, 0.5) is 0 Å². The lowest BCUT2D eigenvalue weighted by Gasteiger charge is -2.15. The second-order valence-electron chi connectivity index (χ2n) is 3.77. The van der Waals surface area contributed by atoms with Gasteiger partial charge in [-0.25, -0.2) is 12.7 Å². The Bertz CT molecular complexity index is 395. The van der Waals surface area contributed by atoms with Gasteiger partial charge in [-0.05, 0) is 20.3 Å². The molecule has 0 fully saturated rings. The first kappa shape index (κ1) is 12.2. The molecule has 0 radical (unpaired) electrons. The van der Waals surface area contributed by atoms with E-state index in [1.165, 1.54) is 6.92 Å². The number of hydrogen-bond acceptors (Lipinski definition) is 3. The summed E-state index contributed by atoms with van der Waals surface area (Å²) < 4.78 is 24.5. The molecule has 0 aromatic carbocycles. The zero-order valence-electron chi connectivity index (χ0n) is 9.41. The lowest BCUT2D eigenvalue weighted by atomic mass is 10.2. The van der Waals surface area contributed by atoms with Gasteiger partial charge in [0.2, 0.25) is 0 Å². The molecule has 0 aromatic rings. The summed E-state index contributed by atoms with van der Waals surface area (Å²) in [6, 6.07) is 0. The minimum Gasteiger partial charge on any atom is -0.268 e. The van der Waals surface area contributed by atoms with Crippen molar-refractivity contribution in [1.29, 1.82) is 0 Å². The highest BCUT2D eigenvalue weighted by atomic mass is 32.2. The Balaban J connectivity index is 2.82. The van der Waals surface area contributed by atoms with E-state index >= 15 is 0 Å². The average Bonchev–Trinajstić information content (AvgIpc) is 2.32. The van der Waals surface area contributed by atoms with Gasteiger partial charge in [0.05, 0.1) is 4.91 Å². The summed E-state index contributed by atoms with van der Waals surface area (Å²) in [6.45, 7) is 5.40. The molecule has 0 bridgehead atoms. The van der Waals surface area contributed by atoms with Gasteiger partial charge in [-0.2, -0.15) is 0 Å². The Morgan fingerprint density at radius 2 is 1.80 bits per heavy atom. The minimum absolute atomic E-state index is 0.198. The number of unbranched alkanes of at least 4 members (excludes halogenated alkanes) is 2. The summed E-state index contributed by atoms with van der Waals surface area (Å²) >= 11 is 0. The van der Waals surface area contributed by atoms with Gasteiger partial charge in [-0.3, -0.25) is 4.79 Å². The number of sulfonamides is 1. The van der Waals surface area contributed by atoms with Crippen molar-refractivity contribution in [3.63, 3.8) is 0 Å². The third-order valence-electron chi connectivity index (χ3n) is 2.72. The predicted molar refractivity (Wildman–Crippen MR) is 58.5 cm³/mol. The average molecular weight is 231 g/mol. The molecule has 0 saturated carbocycles. The molecule has 0 N–H and O–H groups in total. The Morgan fingerprint density at radius 3 is 2.20 bits per heavy atom. The van der Waals surface area contributed by atoms with Crippen LogP contribution in [0.3, 0.4) is 0 Å². The third kappa shape index (κ3) is 2.07. The molecule has 5 heteroatoms. The summed E-state index contributed by atoms with van der Waals surface area (Å²) in [6.07, 6.45) is 2.69. The monoisotopic (exact) mass is 231 g/mol. The normalized spacial score (nSPS) is 20.2. The molecule has 0 aliphatic carbocycles. The first-order chi connectivity index (χ1) is 6.92. The first-order valence-electron chi connectivity index (χ1n) is 5.17. The van der Waals surface area contributed by atoms with Crippen LogP contribution in [-0.2, 0) is 14.8 Å². The van der Waals surface area contributed by atoms with Gasteiger partial charge < -0.3 is 0 Å². The van der Waals surface area contributed by atoms with Gasteiger partial charge in [-0.1, -0.05) is 19.8 Å². The van der Waals surface area contributed by atoms with Gasteiger partial charge in [0, 0.05) is 12.1 Å². The zero-order chi connectivity index (χ0) is 11.6. The Hall–Kier alpha value is -0.840. The summed E-state index contributed by atoms with van der Waals surface area (Å²) in [4.78, 5) is 11.8. The maximum Gasteiger partial charge on any atom is 0.264 e. The van der Waals surface area contributed by atoms with Crippen molar-refractivity contribution in [2.24, 2.45) is 0 Å². The highest BCUT2D eigenvalue weighted by molar-refractivity contribution is 7.94. The van der Waals surface area contributed by atoms with E-state index in [0.717, 1.165) is 23.6 Å². The minimum atomic E-state index is -3.48. The molecule has 1 heterocycles. The largest absolute Gasteiger partial charge is 0.268 e. The van der Waals surface area contributed by atoms with Crippen LogP contribution >= 0.6 is 0 Å². The van der Waals surface area contributed by atoms with Gasteiger partial charge >= 0.3 is 0 Å². The molecule has 4 nitrogen and oxygen atoms in total. The molecular weight excluding hydrogens is 214 g/mol. The second-order valence-corrected chi connectivity index (χ2v) is 5.77. The number of nitrogens with zero attached hydrogens (tertiary/aromatic N) is 1. The Labute approximate surface area is 91.0 Å². The predicted octanol–water partition coefficient (Wildman–Crippen LogP) is 1.64. The summed E-state index contributed by atoms with van der Waals surface area (Å²) in [5.74, 6) is -0.358. The van der Waals surface area contributed by atoms with Crippen LogP contribution < -0.4 is 0 Å². The lowest BCUT2D eigenvalue weighted by molar-refractivity contribution is -0.122. The van der Waals surface area contributed by atoms with Gasteiger partial charge in [0.25, 0.3) is 15.9 Å². The van der Waals surface area contributed by atoms with Crippen molar-refractivity contribution >= 4 is 15.9 Å². The molecule has 0 aromatic heterocycles. The van der Waals surface area contributed by atoms with Crippen molar-refractivity contribution in [3.8, 4) is 0 Å². The van der Waals surface area contributed by atoms with Crippen LogP contribution in [-0.4, -0.2) is 25.2 Å². The van der Waals surface area contributed by atoms with Crippen LogP contribution in [0.15, 0.2) is 10.5 Å². The van der Waals surface area contributed by atoms with E-state index in [0.29, 0.717) is 12.1 Å². The van der Waals surface area contributed by atoms with Crippen molar-refractivity contribution in [3.05, 3.63) is 10.5 Å². The molecule has 0 atom stereocenters. The van der Waals surface area contributed by atoms with Gasteiger partial charge in [0.15, 0.2) is 0 Å². The summed E-state index contributed by atoms with van der Waals surface area (Å²) in [5.41, 5.74) is 0.353. The van der Waals surface area contributed by atoms with Crippen LogP contribution in [0.2, 0.25) is 0 Å². The maximum atomic E-state index is 11.8. The Morgan fingerprint density at radius 1 is 1.20 bits per heavy atom. The van der Waals surface area contributed by atoms with Crippen molar-refractivity contribution < 1.29 is 13.2 Å². The molecule has 0 spiro atoms. The van der Waals surface area contributed by atoms with E-state index in [1.807, 2.05) is 6.92 Å². The first-order valence-corrected chi connectivity index (χ1v) is 6.61. The van der Waals surface area contributed by atoms with E-state index in [9.17, 15) is 13.2 Å². The molecule has 1 aliphatic rings. The van der Waals surface area contributed by atoms with Crippen LogP contribution in [0.25, 0.3) is 0 Å². The Kier molecular flexibility index (Phi) is 3.54. The van der Waals surface area contributed by atoms with Crippen LogP contribution in [0, 0.1) is 0 Å². The fourth-order valence-corrected chi connectivity index (χ4v) is 3.06. The van der Waals surface area contributed by atoms with Gasteiger partial charge in [0.1, 0.15) is 0 Å². The topological polar surface area (TPSA) is 54.5 Å². The lowest BCUT2D eigenvalue weighted by Crippen LogP contribution is -2.32. The smallest absolute Gasteiger partial charge is 0.264 e. The van der Waals surface area contributed by atoms with E-state index in [1.54, 1.807) is 6.92 Å². The number of carbonyl (C=O) groups is 1. The molecule has 86 valence electrons. The van der Waals surface area contributed by atoms with Crippen LogP contribution in [0.5, 0.6) is 0 Å². The zero-order valence-corrected chi connectivity index (χ0v) is 10.2. The quantitative estimate of drug-likeness (QED) is 0.691. The fourth-order valence-electron chi connectivity index (χ4n) is 1.53. The molecule has 0 saturated heterocycles. The van der Waals surface area contributed by atoms with E-state index < -0.39 is 10.0 Å². The second kappa shape index (κ2) is 4.35. The fraction of sp³-hybridized carbons (Fsp3) is 0.700. The van der Waals surface area contributed by atoms with Crippen molar-refractivity contribution in [2.45, 2.75) is 40.0 Å². The SMILES string of the molecule is CCCCCN1C(=O)C(C)=C(C)S1(=O)=O. The highest BCUT2D eigenvalue weighted by Gasteiger charge is 2.38. The van der Waals surface area contributed by atoms with Crippen molar-refractivity contribution in [2.75, 3.05) is 6.54 Å². The number of rotatable bonds is 4. The molecule has 1 rings (SSSR count). The number of carbonyl (C=O) groups excluding carboxylic acids is 1. The third-order valence-corrected chi connectivity index (χ3v) is 4.73. The molecule has 1 amide bonds. The number of allylic oxidation sites excluding steroid dienone is 1. The number of hydrogen-bond donors (Lipinski definition) is 0. The highest BCUT2D eigenvalue weighted by Crippen LogP contribution is 2.27. The van der Waals surface area contributed by atoms with E-state index in [4.69, 9.17) is 0 Å². The summed E-state index contributed by atoms with van der Waals surface area (Å²) in [7, 11) is -3.48. The maximum absolute atomic E-state index is 11.8. The molecule has 0 unspecified atom stereocenters. The molecule has 15 heavy (non-hydrogen) atoms. The van der Waals surface area contributed by atoms with Crippen molar-refractivity contribution in [1.82, 2.24) is 4.31 Å². The molecule has 1 aliphatic heterocycles.